The third-order valence-electron chi connectivity index (χ3n) is 2.87. The Kier molecular flexibility index (Phi) is 3.84. The summed E-state index contributed by atoms with van der Waals surface area (Å²) < 4.78 is 5.04. The number of nitrogens with zero attached hydrogens (tertiary/aromatic N) is 1. The Morgan fingerprint density at radius 3 is 3.00 bits per heavy atom. The van der Waals surface area contributed by atoms with Gasteiger partial charge in [-0.15, -0.1) is 0 Å². The number of H-pyrrole nitrogens is 1. The molecule has 0 saturated carbocycles. The van der Waals surface area contributed by atoms with Crippen molar-refractivity contribution >= 4 is 11.1 Å². The standard InChI is InChI=1S/C13H19N3O2/c1-9(14)8-16(2)6-5-10-3-4-11-12(7-10)18-13(17)15-11/h3-4,7,9H,5-6,8,14H2,1-2H3,(H,15,17). The van der Waals surface area contributed by atoms with E-state index in [2.05, 4.69) is 16.9 Å². The molecule has 5 heteroatoms. The molecule has 2 rings (SSSR count). The average molecular weight is 249 g/mol. The van der Waals surface area contributed by atoms with Gasteiger partial charge in [0.2, 0.25) is 0 Å². The van der Waals surface area contributed by atoms with E-state index >= 15 is 0 Å². The van der Waals surface area contributed by atoms with E-state index < -0.39 is 5.76 Å². The summed E-state index contributed by atoms with van der Waals surface area (Å²) in [6.45, 7) is 3.81. The molecule has 1 atom stereocenters. The maximum Gasteiger partial charge on any atom is 0.417 e. The molecule has 0 fully saturated rings. The van der Waals surface area contributed by atoms with Crippen molar-refractivity contribution in [1.82, 2.24) is 9.88 Å². The molecule has 0 aliphatic heterocycles. The van der Waals surface area contributed by atoms with Gasteiger partial charge in [0.05, 0.1) is 5.52 Å². The van der Waals surface area contributed by atoms with Crippen LogP contribution in [0.25, 0.3) is 11.1 Å². The smallest absolute Gasteiger partial charge is 0.408 e. The average Bonchev–Trinajstić information content (AvgIpc) is 2.64. The second-order valence-corrected chi connectivity index (χ2v) is 4.83. The fourth-order valence-electron chi connectivity index (χ4n) is 2.05. The molecule has 0 amide bonds. The number of aromatic nitrogens is 1. The fraction of sp³-hybridized carbons (Fsp3) is 0.462. The first-order chi connectivity index (χ1) is 8.54. The van der Waals surface area contributed by atoms with Crippen molar-refractivity contribution in [2.45, 2.75) is 19.4 Å². The second kappa shape index (κ2) is 5.37. The van der Waals surface area contributed by atoms with Crippen molar-refractivity contribution in [2.75, 3.05) is 20.1 Å². The minimum Gasteiger partial charge on any atom is -0.408 e. The molecule has 0 bridgehead atoms. The molecule has 1 aromatic heterocycles. The van der Waals surface area contributed by atoms with Crippen molar-refractivity contribution < 1.29 is 4.42 Å². The summed E-state index contributed by atoms with van der Waals surface area (Å²) >= 11 is 0. The van der Waals surface area contributed by atoms with Gasteiger partial charge in [-0.1, -0.05) is 6.07 Å². The lowest BCUT2D eigenvalue weighted by atomic mass is 10.1. The molecule has 0 saturated heterocycles. The molecule has 0 aliphatic rings. The molecule has 1 aromatic carbocycles. The van der Waals surface area contributed by atoms with Crippen LogP contribution in [0.1, 0.15) is 12.5 Å². The Morgan fingerprint density at radius 1 is 1.50 bits per heavy atom. The third kappa shape index (κ3) is 3.21. The normalized spacial score (nSPS) is 13.3. The number of hydrogen-bond donors (Lipinski definition) is 2. The van der Waals surface area contributed by atoms with Gasteiger partial charge in [0, 0.05) is 19.1 Å². The lowest BCUT2D eigenvalue weighted by Gasteiger charge is -2.18. The number of fused-ring (bicyclic) bond motifs is 1. The zero-order chi connectivity index (χ0) is 13.1. The quantitative estimate of drug-likeness (QED) is 0.827. The van der Waals surface area contributed by atoms with Crippen LogP contribution in [0.15, 0.2) is 27.4 Å². The number of likely N-dealkylation sites (N-methyl/N-ethyl adjacent to an activating group) is 1. The summed E-state index contributed by atoms with van der Waals surface area (Å²) in [5, 5.41) is 0. The molecule has 18 heavy (non-hydrogen) atoms. The lowest BCUT2D eigenvalue weighted by Crippen LogP contribution is -2.34. The van der Waals surface area contributed by atoms with E-state index in [9.17, 15) is 4.79 Å². The number of nitrogens with one attached hydrogen (secondary N) is 1. The minimum atomic E-state index is -0.406. The van der Waals surface area contributed by atoms with Crippen LogP contribution in [-0.2, 0) is 6.42 Å². The number of oxazole rings is 1. The molecule has 98 valence electrons. The molecule has 0 aliphatic carbocycles. The number of hydrogen-bond acceptors (Lipinski definition) is 4. The van der Waals surface area contributed by atoms with E-state index in [0.717, 1.165) is 30.6 Å². The molecule has 0 spiro atoms. The Labute approximate surface area is 106 Å². The molecular formula is C13H19N3O2. The van der Waals surface area contributed by atoms with Gasteiger partial charge < -0.3 is 15.1 Å². The molecule has 1 unspecified atom stereocenters. The van der Waals surface area contributed by atoms with Crippen LogP contribution in [0.2, 0.25) is 0 Å². The summed E-state index contributed by atoms with van der Waals surface area (Å²) in [6.07, 6.45) is 0.911. The summed E-state index contributed by atoms with van der Waals surface area (Å²) in [4.78, 5) is 15.9. The van der Waals surface area contributed by atoms with E-state index in [1.807, 2.05) is 25.1 Å². The maximum atomic E-state index is 11.0. The van der Waals surface area contributed by atoms with E-state index in [1.54, 1.807) is 0 Å². The van der Waals surface area contributed by atoms with Crippen molar-refractivity contribution in [3.05, 3.63) is 34.3 Å². The van der Waals surface area contributed by atoms with Gasteiger partial charge in [0.25, 0.3) is 0 Å². The monoisotopic (exact) mass is 249 g/mol. The predicted molar refractivity (Wildman–Crippen MR) is 71.7 cm³/mol. The summed E-state index contributed by atoms with van der Waals surface area (Å²) in [7, 11) is 2.05. The number of rotatable bonds is 5. The predicted octanol–water partition coefficient (Wildman–Crippen LogP) is 0.943. The summed E-state index contributed by atoms with van der Waals surface area (Å²) in [5.74, 6) is -0.406. The first kappa shape index (κ1) is 12.9. The van der Waals surface area contributed by atoms with E-state index in [0.29, 0.717) is 5.58 Å². The Morgan fingerprint density at radius 2 is 2.28 bits per heavy atom. The van der Waals surface area contributed by atoms with Crippen LogP contribution in [0.3, 0.4) is 0 Å². The highest BCUT2D eigenvalue weighted by molar-refractivity contribution is 5.72. The summed E-state index contributed by atoms with van der Waals surface area (Å²) in [6, 6.07) is 5.97. The highest BCUT2D eigenvalue weighted by Gasteiger charge is 2.05. The van der Waals surface area contributed by atoms with Crippen molar-refractivity contribution in [3.8, 4) is 0 Å². The highest BCUT2D eigenvalue weighted by atomic mass is 16.4. The van der Waals surface area contributed by atoms with Gasteiger partial charge in [0.1, 0.15) is 0 Å². The number of aromatic amines is 1. The number of nitrogens with two attached hydrogens (primary N) is 1. The molecular weight excluding hydrogens is 230 g/mol. The maximum absolute atomic E-state index is 11.0. The molecule has 0 radical (unpaired) electrons. The van der Waals surface area contributed by atoms with E-state index in [1.165, 1.54) is 0 Å². The van der Waals surface area contributed by atoms with Gasteiger partial charge >= 0.3 is 5.76 Å². The lowest BCUT2D eigenvalue weighted by molar-refractivity contribution is 0.321. The van der Waals surface area contributed by atoms with Crippen LogP contribution in [0.4, 0.5) is 0 Å². The van der Waals surface area contributed by atoms with Crippen molar-refractivity contribution in [3.63, 3.8) is 0 Å². The fourth-order valence-corrected chi connectivity index (χ4v) is 2.05. The van der Waals surface area contributed by atoms with Gasteiger partial charge in [-0.2, -0.15) is 0 Å². The molecule has 5 nitrogen and oxygen atoms in total. The van der Waals surface area contributed by atoms with Crippen LogP contribution >= 0.6 is 0 Å². The van der Waals surface area contributed by atoms with E-state index in [-0.39, 0.29) is 6.04 Å². The SMILES string of the molecule is CC(N)CN(C)CCc1ccc2[nH]c(=O)oc2c1. The Balaban J connectivity index is 2.01. The summed E-state index contributed by atoms with van der Waals surface area (Å²) in [5.41, 5.74) is 8.26. The Bertz CT molecular complexity index is 571. The van der Waals surface area contributed by atoms with E-state index in [4.69, 9.17) is 10.2 Å². The largest absolute Gasteiger partial charge is 0.417 e. The van der Waals surface area contributed by atoms with Crippen LogP contribution in [-0.4, -0.2) is 36.1 Å². The first-order valence-electron chi connectivity index (χ1n) is 6.10. The van der Waals surface area contributed by atoms with Gasteiger partial charge in [-0.05, 0) is 38.1 Å². The number of benzene rings is 1. The molecule has 2 aromatic rings. The van der Waals surface area contributed by atoms with Crippen LogP contribution in [0, 0.1) is 0 Å². The molecule has 1 heterocycles. The Hall–Kier alpha value is -1.59. The highest BCUT2D eigenvalue weighted by Crippen LogP contribution is 2.12. The van der Waals surface area contributed by atoms with Gasteiger partial charge in [-0.3, -0.25) is 4.98 Å². The minimum absolute atomic E-state index is 0.181. The molecule has 3 N–H and O–H groups in total. The van der Waals surface area contributed by atoms with Crippen LogP contribution in [0.5, 0.6) is 0 Å². The second-order valence-electron chi connectivity index (χ2n) is 4.83. The van der Waals surface area contributed by atoms with Crippen molar-refractivity contribution in [1.29, 1.82) is 0 Å². The third-order valence-corrected chi connectivity index (χ3v) is 2.87. The van der Waals surface area contributed by atoms with Gasteiger partial charge in [0.15, 0.2) is 5.58 Å². The first-order valence-corrected chi connectivity index (χ1v) is 6.10. The van der Waals surface area contributed by atoms with Gasteiger partial charge in [-0.25, -0.2) is 4.79 Å². The zero-order valence-corrected chi connectivity index (χ0v) is 10.8. The van der Waals surface area contributed by atoms with Crippen molar-refractivity contribution in [2.24, 2.45) is 5.73 Å². The van der Waals surface area contributed by atoms with Crippen LogP contribution < -0.4 is 11.5 Å². The zero-order valence-electron chi connectivity index (χ0n) is 10.8. The topological polar surface area (TPSA) is 75.3 Å².